The van der Waals surface area contributed by atoms with Gasteiger partial charge in [0, 0.05) is 39.3 Å². The van der Waals surface area contributed by atoms with E-state index in [1.54, 1.807) is 0 Å². The van der Waals surface area contributed by atoms with Gasteiger partial charge < -0.3 is 9.80 Å². The van der Waals surface area contributed by atoms with Gasteiger partial charge in [-0.25, -0.2) is 0 Å². The highest BCUT2D eigenvalue weighted by Gasteiger charge is 2.22. The summed E-state index contributed by atoms with van der Waals surface area (Å²) in [6.07, 6.45) is 4.52. The highest BCUT2D eigenvalue weighted by molar-refractivity contribution is 6.43. The number of carbonyl (C=O) groups is 1. The van der Waals surface area contributed by atoms with Gasteiger partial charge in [-0.1, -0.05) is 29.3 Å². The summed E-state index contributed by atoms with van der Waals surface area (Å²) in [6.45, 7) is 7.12. The fourth-order valence-electron chi connectivity index (χ4n) is 3.66. The quantitative estimate of drug-likeness (QED) is 0.744. The lowest BCUT2D eigenvalue weighted by Gasteiger charge is -2.37. The molecule has 0 aliphatic carbocycles. The first-order chi connectivity index (χ1) is 11.7. The minimum atomic E-state index is 0.623. The first kappa shape index (κ1) is 17.8. The van der Waals surface area contributed by atoms with Crippen molar-refractivity contribution in [2.45, 2.75) is 19.3 Å². The van der Waals surface area contributed by atoms with Crippen LogP contribution in [-0.2, 0) is 4.79 Å². The zero-order chi connectivity index (χ0) is 16.9. The van der Waals surface area contributed by atoms with Crippen molar-refractivity contribution in [1.82, 2.24) is 9.80 Å². The van der Waals surface area contributed by atoms with Crippen molar-refractivity contribution < 1.29 is 4.79 Å². The van der Waals surface area contributed by atoms with Crippen LogP contribution in [0.2, 0.25) is 10.0 Å². The van der Waals surface area contributed by atoms with Crippen molar-refractivity contribution in [1.29, 1.82) is 0 Å². The second kappa shape index (κ2) is 8.41. The van der Waals surface area contributed by atoms with Crippen molar-refractivity contribution in [2.24, 2.45) is 5.92 Å². The van der Waals surface area contributed by atoms with E-state index in [-0.39, 0.29) is 0 Å². The molecule has 2 aliphatic heterocycles. The van der Waals surface area contributed by atoms with Gasteiger partial charge in [0.05, 0.1) is 15.7 Å². The summed E-state index contributed by atoms with van der Waals surface area (Å²) in [5, 5.41) is 1.29. The number of hydrogen-bond donors (Lipinski definition) is 0. The molecule has 0 saturated carbocycles. The highest BCUT2D eigenvalue weighted by Crippen LogP contribution is 2.33. The number of anilines is 1. The summed E-state index contributed by atoms with van der Waals surface area (Å²) < 4.78 is 0. The van der Waals surface area contributed by atoms with E-state index < -0.39 is 0 Å². The predicted molar refractivity (Wildman–Crippen MR) is 100 cm³/mol. The SMILES string of the molecule is O=CN1CCC(CCN2CCN(c3cccc(Cl)c3Cl)CC2)CC1. The molecule has 132 valence electrons. The fraction of sp³-hybridized carbons (Fsp3) is 0.611. The third-order valence-corrected chi connectivity index (χ3v) is 6.10. The molecule has 0 radical (unpaired) electrons. The molecule has 0 atom stereocenters. The molecule has 2 heterocycles. The van der Waals surface area contributed by atoms with E-state index >= 15 is 0 Å². The molecule has 3 rings (SSSR count). The molecule has 1 aromatic rings. The van der Waals surface area contributed by atoms with E-state index in [0.717, 1.165) is 76.7 Å². The molecule has 0 unspecified atom stereocenters. The summed E-state index contributed by atoms with van der Waals surface area (Å²) in [6, 6.07) is 5.84. The molecule has 24 heavy (non-hydrogen) atoms. The van der Waals surface area contributed by atoms with Gasteiger partial charge in [0.15, 0.2) is 0 Å². The number of rotatable bonds is 5. The third kappa shape index (κ3) is 4.35. The van der Waals surface area contributed by atoms with Crippen LogP contribution in [0, 0.1) is 5.92 Å². The van der Waals surface area contributed by atoms with Crippen molar-refractivity contribution in [3.05, 3.63) is 28.2 Å². The smallest absolute Gasteiger partial charge is 0.209 e. The zero-order valence-electron chi connectivity index (χ0n) is 14.0. The Morgan fingerprint density at radius 3 is 2.42 bits per heavy atom. The van der Waals surface area contributed by atoms with Crippen LogP contribution in [0.3, 0.4) is 0 Å². The molecule has 1 aromatic carbocycles. The summed E-state index contributed by atoms with van der Waals surface area (Å²) in [5.41, 5.74) is 1.05. The maximum atomic E-state index is 10.8. The molecular weight excluding hydrogens is 345 g/mol. The molecule has 2 saturated heterocycles. The monoisotopic (exact) mass is 369 g/mol. The Kier molecular flexibility index (Phi) is 6.25. The van der Waals surface area contributed by atoms with Crippen LogP contribution in [0.1, 0.15) is 19.3 Å². The molecule has 2 fully saturated rings. The Labute approximate surface area is 154 Å². The van der Waals surface area contributed by atoms with Crippen LogP contribution in [0.4, 0.5) is 5.69 Å². The van der Waals surface area contributed by atoms with Gasteiger partial charge in [0.25, 0.3) is 0 Å². The van der Waals surface area contributed by atoms with Gasteiger partial charge in [-0.15, -0.1) is 0 Å². The van der Waals surface area contributed by atoms with Crippen LogP contribution in [-0.4, -0.2) is 62.0 Å². The molecule has 4 nitrogen and oxygen atoms in total. The molecular formula is C18H25Cl2N3O. The van der Waals surface area contributed by atoms with Crippen LogP contribution >= 0.6 is 23.2 Å². The Bertz CT molecular complexity index is 553. The first-order valence-electron chi connectivity index (χ1n) is 8.78. The summed E-state index contributed by atoms with van der Waals surface area (Å²) in [4.78, 5) is 17.5. The van der Waals surface area contributed by atoms with Crippen LogP contribution < -0.4 is 4.90 Å². The van der Waals surface area contributed by atoms with Crippen molar-refractivity contribution in [3.63, 3.8) is 0 Å². The zero-order valence-corrected chi connectivity index (χ0v) is 15.5. The highest BCUT2D eigenvalue weighted by atomic mass is 35.5. The Morgan fingerprint density at radius 2 is 1.75 bits per heavy atom. The largest absolute Gasteiger partial charge is 0.368 e. The van der Waals surface area contributed by atoms with E-state index in [0.29, 0.717) is 10.0 Å². The average molecular weight is 370 g/mol. The maximum absolute atomic E-state index is 10.8. The number of piperazine rings is 1. The molecule has 0 N–H and O–H groups in total. The molecule has 0 aromatic heterocycles. The minimum absolute atomic E-state index is 0.623. The van der Waals surface area contributed by atoms with Crippen LogP contribution in [0.5, 0.6) is 0 Å². The summed E-state index contributed by atoms with van der Waals surface area (Å²) in [7, 11) is 0. The lowest BCUT2D eigenvalue weighted by atomic mass is 9.93. The van der Waals surface area contributed by atoms with Gasteiger partial charge in [0.2, 0.25) is 6.41 Å². The summed E-state index contributed by atoms with van der Waals surface area (Å²) >= 11 is 12.5. The minimum Gasteiger partial charge on any atom is -0.368 e. The van der Waals surface area contributed by atoms with Crippen molar-refractivity contribution in [3.8, 4) is 0 Å². The van der Waals surface area contributed by atoms with E-state index in [9.17, 15) is 4.79 Å². The average Bonchev–Trinajstić information content (AvgIpc) is 2.63. The summed E-state index contributed by atoms with van der Waals surface area (Å²) in [5.74, 6) is 0.765. The van der Waals surface area contributed by atoms with E-state index in [4.69, 9.17) is 23.2 Å². The second-order valence-electron chi connectivity index (χ2n) is 6.78. The van der Waals surface area contributed by atoms with Gasteiger partial charge in [0.1, 0.15) is 0 Å². The fourth-order valence-corrected chi connectivity index (χ4v) is 4.08. The number of amides is 1. The van der Waals surface area contributed by atoms with Crippen molar-refractivity contribution >= 4 is 35.3 Å². The van der Waals surface area contributed by atoms with Crippen molar-refractivity contribution in [2.75, 3.05) is 50.7 Å². The van der Waals surface area contributed by atoms with Gasteiger partial charge >= 0.3 is 0 Å². The van der Waals surface area contributed by atoms with Gasteiger partial charge in [-0.05, 0) is 43.9 Å². The third-order valence-electron chi connectivity index (χ3n) is 5.30. The Balaban J connectivity index is 1.42. The van der Waals surface area contributed by atoms with Gasteiger partial charge in [-0.3, -0.25) is 9.69 Å². The first-order valence-corrected chi connectivity index (χ1v) is 9.53. The molecule has 2 aliphatic rings. The maximum Gasteiger partial charge on any atom is 0.209 e. The number of likely N-dealkylation sites (tertiary alicyclic amines) is 1. The molecule has 0 spiro atoms. The molecule has 6 heteroatoms. The Hall–Kier alpha value is -0.970. The lowest BCUT2D eigenvalue weighted by molar-refractivity contribution is -0.119. The predicted octanol–water partition coefficient (Wildman–Crippen LogP) is 3.37. The number of benzene rings is 1. The molecule has 1 amide bonds. The number of hydrogen-bond acceptors (Lipinski definition) is 3. The van der Waals surface area contributed by atoms with Gasteiger partial charge in [-0.2, -0.15) is 0 Å². The van der Waals surface area contributed by atoms with E-state index in [1.807, 2.05) is 23.1 Å². The number of piperidine rings is 1. The number of halogens is 2. The lowest BCUT2D eigenvalue weighted by Crippen LogP contribution is -2.47. The van der Waals surface area contributed by atoms with Crippen LogP contribution in [0.25, 0.3) is 0 Å². The van der Waals surface area contributed by atoms with E-state index in [2.05, 4.69) is 9.80 Å². The van der Waals surface area contributed by atoms with E-state index in [1.165, 1.54) is 6.42 Å². The standard InChI is InChI=1S/C18H25Cl2N3O/c19-16-2-1-3-17(18(16)20)23-12-10-21(11-13-23)7-4-15-5-8-22(14-24)9-6-15/h1-3,14-15H,4-13H2. The topological polar surface area (TPSA) is 26.8 Å². The van der Waals surface area contributed by atoms with Crippen LogP contribution in [0.15, 0.2) is 18.2 Å². The normalized spacial score (nSPS) is 20.4. The second-order valence-corrected chi connectivity index (χ2v) is 7.56. The molecule has 0 bridgehead atoms. The Morgan fingerprint density at radius 1 is 1.04 bits per heavy atom. The number of carbonyl (C=O) groups excluding carboxylic acids is 1. The number of nitrogens with zero attached hydrogens (tertiary/aromatic N) is 3.